The molecular weight excluding hydrogens is 482 g/mol. The van der Waals surface area contributed by atoms with Crippen molar-refractivity contribution in [1.82, 2.24) is 21.4 Å². The third-order valence-electron chi connectivity index (χ3n) is 7.11. The van der Waals surface area contributed by atoms with E-state index in [1.807, 2.05) is 31.2 Å². The van der Waals surface area contributed by atoms with Gasteiger partial charge in [0.25, 0.3) is 11.8 Å². The lowest BCUT2D eigenvalue weighted by atomic mass is 9.91. The van der Waals surface area contributed by atoms with Crippen molar-refractivity contribution in [1.29, 1.82) is 0 Å². The van der Waals surface area contributed by atoms with Gasteiger partial charge in [0, 0.05) is 40.5 Å². The molecule has 0 radical (unpaired) electrons. The van der Waals surface area contributed by atoms with E-state index in [-0.39, 0.29) is 11.9 Å². The molecule has 2 unspecified atom stereocenters. The number of anilines is 1. The van der Waals surface area contributed by atoms with Crippen molar-refractivity contribution >= 4 is 23.4 Å². The number of benzene rings is 2. The van der Waals surface area contributed by atoms with Crippen LogP contribution in [-0.2, 0) is 9.59 Å². The van der Waals surface area contributed by atoms with E-state index in [0.29, 0.717) is 24.2 Å². The van der Waals surface area contributed by atoms with Gasteiger partial charge in [-0.3, -0.25) is 19.6 Å². The van der Waals surface area contributed by atoms with Gasteiger partial charge in [-0.2, -0.15) is 0 Å². The number of amides is 3. The fourth-order valence-electron chi connectivity index (χ4n) is 4.30. The maximum Gasteiger partial charge on any atom is 0.267 e. The molecule has 0 aliphatic heterocycles. The molecule has 9 nitrogen and oxygen atoms in total. The maximum absolute atomic E-state index is 12.8. The van der Waals surface area contributed by atoms with Crippen LogP contribution in [0, 0.1) is 11.8 Å². The van der Waals surface area contributed by atoms with Crippen LogP contribution in [0.1, 0.15) is 66.9 Å². The molecule has 4 rings (SSSR count). The van der Waals surface area contributed by atoms with E-state index in [1.165, 1.54) is 6.42 Å². The summed E-state index contributed by atoms with van der Waals surface area (Å²) in [5, 5.41) is 21.3. The standard InChI is InChI=1S/C29H35N5O4/c1-19(31-24-6-3-7-24)27(29(37)34-38)33-28(36)22-14-10-20(11-15-22)8-9-21-12-16-25(17-13-21)32-26(35)18-30-23-4-2-5-23/h10-17,19,23-24,27,30-31,38H,2-7,18H2,1H3,(H,32,35)(H,33,36)(H,34,37). The Morgan fingerprint density at radius 1 is 0.895 bits per heavy atom. The minimum Gasteiger partial charge on any atom is -0.339 e. The second-order valence-corrected chi connectivity index (χ2v) is 9.97. The van der Waals surface area contributed by atoms with Crippen molar-refractivity contribution in [3.05, 3.63) is 65.2 Å². The quantitative estimate of drug-likeness (QED) is 0.163. The fourth-order valence-corrected chi connectivity index (χ4v) is 4.30. The molecule has 0 aromatic heterocycles. The van der Waals surface area contributed by atoms with Crippen LogP contribution in [0.4, 0.5) is 5.69 Å². The maximum atomic E-state index is 12.8. The number of hydrogen-bond donors (Lipinski definition) is 6. The van der Waals surface area contributed by atoms with E-state index in [2.05, 4.69) is 33.1 Å². The fraction of sp³-hybridized carbons (Fsp3) is 0.414. The van der Waals surface area contributed by atoms with Crippen LogP contribution in [0.15, 0.2) is 48.5 Å². The molecule has 9 heteroatoms. The molecule has 2 aliphatic rings. The zero-order valence-corrected chi connectivity index (χ0v) is 21.5. The van der Waals surface area contributed by atoms with Crippen LogP contribution >= 0.6 is 0 Å². The van der Waals surface area contributed by atoms with Crippen molar-refractivity contribution in [2.24, 2.45) is 0 Å². The highest BCUT2D eigenvalue weighted by atomic mass is 16.5. The monoisotopic (exact) mass is 517 g/mol. The number of carbonyl (C=O) groups is 3. The van der Waals surface area contributed by atoms with Gasteiger partial charge in [0.05, 0.1) is 6.54 Å². The lowest BCUT2D eigenvalue weighted by Crippen LogP contribution is -2.58. The largest absolute Gasteiger partial charge is 0.339 e. The second kappa shape index (κ2) is 13.2. The van der Waals surface area contributed by atoms with Crippen molar-refractivity contribution < 1.29 is 19.6 Å². The van der Waals surface area contributed by atoms with Crippen LogP contribution < -0.4 is 26.7 Å². The SMILES string of the molecule is CC(NC1CCC1)C(NC(=O)c1ccc(C#Cc2ccc(NC(=O)CNC3CCC3)cc2)cc1)C(=O)NO. The Hall–Kier alpha value is -3.71. The lowest BCUT2D eigenvalue weighted by Gasteiger charge is -2.33. The smallest absolute Gasteiger partial charge is 0.267 e. The van der Waals surface area contributed by atoms with Crippen LogP contribution in [0.25, 0.3) is 0 Å². The Kier molecular flexibility index (Phi) is 9.49. The summed E-state index contributed by atoms with van der Waals surface area (Å²) in [4.78, 5) is 37.0. The minimum atomic E-state index is -0.917. The topological polar surface area (TPSA) is 132 Å². The summed E-state index contributed by atoms with van der Waals surface area (Å²) < 4.78 is 0. The molecule has 2 fully saturated rings. The summed E-state index contributed by atoms with van der Waals surface area (Å²) >= 11 is 0. The van der Waals surface area contributed by atoms with E-state index in [9.17, 15) is 14.4 Å². The summed E-state index contributed by atoms with van der Waals surface area (Å²) in [7, 11) is 0. The average molecular weight is 518 g/mol. The van der Waals surface area contributed by atoms with Gasteiger partial charge in [-0.05, 0) is 81.1 Å². The molecule has 2 saturated carbocycles. The number of carbonyl (C=O) groups excluding carboxylic acids is 3. The molecule has 0 heterocycles. The highest BCUT2D eigenvalue weighted by Gasteiger charge is 2.30. The molecule has 3 amide bonds. The second-order valence-electron chi connectivity index (χ2n) is 9.97. The van der Waals surface area contributed by atoms with Crippen LogP contribution in [0.3, 0.4) is 0 Å². The van der Waals surface area contributed by atoms with E-state index < -0.39 is 17.9 Å². The predicted molar refractivity (Wildman–Crippen MR) is 145 cm³/mol. The summed E-state index contributed by atoms with van der Waals surface area (Å²) in [6.07, 6.45) is 6.71. The van der Waals surface area contributed by atoms with Gasteiger partial charge in [-0.15, -0.1) is 0 Å². The van der Waals surface area contributed by atoms with Crippen molar-refractivity contribution in [3.8, 4) is 11.8 Å². The molecule has 2 aliphatic carbocycles. The van der Waals surface area contributed by atoms with E-state index in [0.717, 1.165) is 48.9 Å². The van der Waals surface area contributed by atoms with Gasteiger partial charge in [-0.1, -0.05) is 24.7 Å². The first kappa shape index (κ1) is 27.3. The van der Waals surface area contributed by atoms with Crippen molar-refractivity contribution in [2.45, 2.75) is 69.6 Å². The van der Waals surface area contributed by atoms with Gasteiger partial charge < -0.3 is 21.3 Å². The van der Waals surface area contributed by atoms with Gasteiger partial charge in [0.15, 0.2) is 0 Å². The Balaban J connectivity index is 1.29. The Morgan fingerprint density at radius 2 is 1.47 bits per heavy atom. The molecule has 6 N–H and O–H groups in total. The summed E-state index contributed by atoms with van der Waals surface area (Å²) in [6.45, 7) is 2.12. The average Bonchev–Trinajstić information content (AvgIpc) is 2.87. The number of hydrogen-bond acceptors (Lipinski definition) is 6. The normalized spacial score (nSPS) is 16.6. The van der Waals surface area contributed by atoms with Crippen molar-refractivity contribution in [3.63, 3.8) is 0 Å². The lowest BCUT2D eigenvalue weighted by molar-refractivity contribution is -0.131. The highest BCUT2D eigenvalue weighted by Crippen LogP contribution is 2.19. The number of hydroxylamine groups is 1. The Labute approximate surface area is 223 Å². The Bertz CT molecular complexity index is 1180. The summed E-state index contributed by atoms with van der Waals surface area (Å²) in [5.74, 6) is 5.00. The molecule has 0 saturated heterocycles. The molecule has 38 heavy (non-hydrogen) atoms. The van der Waals surface area contributed by atoms with Gasteiger partial charge in [-0.25, -0.2) is 5.48 Å². The number of nitrogens with one attached hydrogen (secondary N) is 5. The zero-order chi connectivity index (χ0) is 26.9. The summed E-state index contributed by atoms with van der Waals surface area (Å²) in [6, 6.07) is 13.6. The highest BCUT2D eigenvalue weighted by molar-refractivity contribution is 5.97. The molecule has 2 aromatic rings. The minimum absolute atomic E-state index is 0.0627. The van der Waals surface area contributed by atoms with E-state index in [4.69, 9.17) is 5.21 Å². The third-order valence-corrected chi connectivity index (χ3v) is 7.11. The van der Waals surface area contributed by atoms with Crippen molar-refractivity contribution in [2.75, 3.05) is 11.9 Å². The summed E-state index contributed by atoms with van der Waals surface area (Å²) in [5.41, 5.74) is 4.27. The van der Waals surface area contributed by atoms with E-state index in [1.54, 1.807) is 29.7 Å². The first-order valence-corrected chi connectivity index (χ1v) is 13.2. The predicted octanol–water partition coefficient (Wildman–Crippen LogP) is 2.30. The zero-order valence-electron chi connectivity index (χ0n) is 21.5. The van der Waals surface area contributed by atoms with Gasteiger partial charge >= 0.3 is 0 Å². The number of rotatable bonds is 10. The van der Waals surface area contributed by atoms with Gasteiger partial charge in [0.2, 0.25) is 5.91 Å². The molecule has 0 spiro atoms. The molecule has 2 atom stereocenters. The molecular formula is C29H35N5O4. The molecule has 200 valence electrons. The van der Waals surface area contributed by atoms with Crippen LogP contribution in [-0.4, -0.2) is 53.6 Å². The van der Waals surface area contributed by atoms with Gasteiger partial charge in [0.1, 0.15) is 6.04 Å². The first-order chi connectivity index (χ1) is 18.4. The van der Waals surface area contributed by atoms with E-state index >= 15 is 0 Å². The first-order valence-electron chi connectivity index (χ1n) is 13.2. The Morgan fingerprint density at radius 3 is 2.00 bits per heavy atom. The van der Waals surface area contributed by atoms with Crippen LogP contribution in [0.2, 0.25) is 0 Å². The van der Waals surface area contributed by atoms with Crippen LogP contribution in [0.5, 0.6) is 0 Å². The molecule has 2 aromatic carbocycles. The third kappa shape index (κ3) is 7.65. The molecule has 0 bridgehead atoms.